The third-order valence-electron chi connectivity index (χ3n) is 4.89. The Morgan fingerprint density at radius 3 is 2.96 bits per heavy atom. The standard InChI is InChI=1S/C16H20ClN7O2/c1-7-9(13-10(21-23-22-13)3-11(7)26-2)5-24-4-8(6-25)12-14(17)19-16(18)20-15(12)24/h3,8,21-23,25H,4-6H2,1-2H3,(H2,18,19,20). The number of halogens is 1. The van der Waals surface area contributed by atoms with E-state index in [1.165, 1.54) is 0 Å². The summed E-state index contributed by atoms with van der Waals surface area (Å²) in [5.74, 6) is 1.42. The van der Waals surface area contributed by atoms with Crippen LogP contribution in [0, 0.1) is 6.92 Å². The summed E-state index contributed by atoms with van der Waals surface area (Å²) in [6.07, 6.45) is 0. The number of nitrogens with zero attached hydrogens (tertiary/aromatic N) is 3. The van der Waals surface area contributed by atoms with Crippen molar-refractivity contribution in [2.45, 2.75) is 19.4 Å². The number of hydrazine groups is 2. The van der Waals surface area contributed by atoms with Crippen LogP contribution in [0.1, 0.15) is 22.6 Å². The summed E-state index contributed by atoms with van der Waals surface area (Å²) < 4.78 is 5.50. The van der Waals surface area contributed by atoms with Crippen molar-refractivity contribution in [3.8, 4) is 5.75 Å². The highest BCUT2D eigenvalue weighted by molar-refractivity contribution is 6.30. The highest BCUT2D eigenvalue weighted by atomic mass is 35.5. The Kier molecular flexibility index (Phi) is 4.14. The van der Waals surface area contributed by atoms with Gasteiger partial charge in [0.2, 0.25) is 5.95 Å². The molecule has 0 aliphatic carbocycles. The molecule has 2 aromatic rings. The van der Waals surface area contributed by atoms with Gasteiger partial charge in [0.05, 0.1) is 25.1 Å². The lowest BCUT2D eigenvalue weighted by Gasteiger charge is -2.23. The van der Waals surface area contributed by atoms with Gasteiger partial charge >= 0.3 is 0 Å². The van der Waals surface area contributed by atoms with Crippen molar-refractivity contribution in [1.29, 1.82) is 0 Å². The molecule has 0 bridgehead atoms. The number of benzene rings is 1. The third-order valence-corrected chi connectivity index (χ3v) is 5.18. The molecule has 9 nitrogen and oxygen atoms in total. The smallest absolute Gasteiger partial charge is 0.223 e. The molecule has 0 radical (unpaired) electrons. The molecular weight excluding hydrogens is 358 g/mol. The number of fused-ring (bicyclic) bond motifs is 2. The largest absolute Gasteiger partial charge is 0.496 e. The van der Waals surface area contributed by atoms with Crippen LogP contribution in [0.25, 0.3) is 0 Å². The first-order chi connectivity index (χ1) is 12.5. The Labute approximate surface area is 155 Å². The Morgan fingerprint density at radius 2 is 2.23 bits per heavy atom. The van der Waals surface area contributed by atoms with Crippen LogP contribution >= 0.6 is 11.6 Å². The van der Waals surface area contributed by atoms with E-state index in [0.717, 1.165) is 33.8 Å². The molecule has 138 valence electrons. The quantitative estimate of drug-likeness (QED) is 0.503. The van der Waals surface area contributed by atoms with E-state index in [-0.39, 0.29) is 18.5 Å². The Hall–Kier alpha value is -2.49. The zero-order valence-corrected chi connectivity index (χ0v) is 15.2. The fourth-order valence-corrected chi connectivity index (χ4v) is 3.91. The summed E-state index contributed by atoms with van der Waals surface area (Å²) in [5.41, 5.74) is 19.6. The van der Waals surface area contributed by atoms with Crippen LogP contribution in [0.5, 0.6) is 5.75 Å². The fraction of sp³-hybridized carbons (Fsp3) is 0.375. The van der Waals surface area contributed by atoms with E-state index < -0.39 is 0 Å². The van der Waals surface area contributed by atoms with Gasteiger partial charge in [-0.3, -0.25) is 0 Å². The second-order valence-electron chi connectivity index (χ2n) is 6.35. The predicted octanol–water partition coefficient (Wildman–Crippen LogP) is 1.38. The maximum atomic E-state index is 9.76. The molecule has 0 saturated heterocycles. The zero-order chi connectivity index (χ0) is 18.4. The highest BCUT2D eigenvalue weighted by Crippen LogP contribution is 2.43. The first-order valence-corrected chi connectivity index (χ1v) is 8.57. The Bertz CT molecular complexity index is 876. The van der Waals surface area contributed by atoms with Gasteiger partial charge in [0.1, 0.15) is 16.7 Å². The maximum absolute atomic E-state index is 9.76. The summed E-state index contributed by atoms with van der Waals surface area (Å²) in [6, 6.07) is 1.94. The number of nitrogen functional groups attached to an aromatic ring is 1. The van der Waals surface area contributed by atoms with Gasteiger partial charge in [-0.05, 0) is 12.5 Å². The van der Waals surface area contributed by atoms with Crippen LogP contribution in [-0.4, -0.2) is 35.3 Å². The van der Waals surface area contributed by atoms with Gasteiger partial charge < -0.3 is 31.3 Å². The van der Waals surface area contributed by atoms with Crippen molar-refractivity contribution in [2.75, 3.05) is 41.7 Å². The Balaban J connectivity index is 1.78. The van der Waals surface area contributed by atoms with Crippen molar-refractivity contribution < 1.29 is 9.84 Å². The lowest BCUT2D eigenvalue weighted by molar-refractivity contribution is 0.270. The first-order valence-electron chi connectivity index (χ1n) is 8.19. The summed E-state index contributed by atoms with van der Waals surface area (Å²) >= 11 is 6.27. The van der Waals surface area contributed by atoms with Crippen LogP contribution in [0.4, 0.5) is 23.1 Å². The van der Waals surface area contributed by atoms with Crippen molar-refractivity contribution in [3.63, 3.8) is 0 Å². The molecule has 0 amide bonds. The number of aromatic nitrogens is 2. The Morgan fingerprint density at radius 1 is 1.42 bits per heavy atom. The van der Waals surface area contributed by atoms with Crippen LogP contribution in [0.3, 0.4) is 0 Å². The minimum absolute atomic E-state index is 0.0347. The summed E-state index contributed by atoms with van der Waals surface area (Å²) in [6.45, 7) is 3.11. The molecule has 6 N–H and O–H groups in total. The average Bonchev–Trinajstić information content (AvgIpc) is 3.21. The first kappa shape index (κ1) is 17.0. The van der Waals surface area contributed by atoms with E-state index in [0.29, 0.717) is 24.1 Å². The molecule has 0 fully saturated rings. The van der Waals surface area contributed by atoms with Gasteiger partial charge in [0.25, 0.3) is 0 Å². The highest BCUT2D eigenvalue weighted by Gasteiger charge is 2.34. The number of hydrogen-bond acceptors (Lipinski definition) is 9. The number of anilines is 4. The van der Waals surface area contributed by atoms with Gasteiger partial charge in [-0.25, -0.2) is 4.98 Å². The van der Waals surface area contributed by atoms with Gasteiger partial charge in [0.15, 0.2) is 0 Å². The van der Waals surface area contributed by atoms with Crippen molar-refractivity contribution in [1.82, 2.24) is 15.5 Å². The van der Waals surface area contributed by atoms with E-state index in [1.54, 1.807) is 7.11 Å². The van der Waals surface area contributed by atoms with Crippen molar-refractivity contribution >= 4 is 34.7 Å². The normalized spacial score (nSPS) is 17.5. The summed E-state index contributed by atoms with van der Waals surface area (Å²) in [5, 5.41) is 10.1. The second kappa shape index (κ2) is 6.35. The molecule has 10 heteroatoms. The molecule has 2 aliphatic rings. The predicted molar refractivity (Wildman–Crippen MR) is 100 cm³/mol. The molecule has 2 aliphatic heterocycles. The topological polar surface area (TPSA) is 121 Å². The molecule has 3 heterocycles. The van der Waals surface area contributed by atoms with Crippen LogP contribution in [0.15, 0.2) is 6.07 Å². The number of nitrogens with two attached hydrogens (primary N) is 1. The second-order valence-corrected chi connectivity index (χ2v) is 6.71. The van der Waals surface area contributed by atoms with E-state index in [9.17, 15) is 5.11 Å². The number of hydrogen-bond donors (Lipinski definition) is 5. The molecule has 26 heavy (non-hydrogen) atoms. The summed E-state index contributed by atoms with van der Waals surface area (Å²) in [7, 11) is 1.65. The van der Waals surface area contributed by atoms with Crippen LogP contribution in [-0.2, 0) is 6.54 Å². The lowest BCUT2D eigenvalue weighted by Crippen LogP contribution is -2.24. The third kappa shape index (κ3) is 2.56. The molecular formula is C16H20ClN7O2. The molecule has 1 atom stereocenters. The number of aliphatic hydroxyl groups excluding tert-OH is 1. The van der Waals surface area contributed by atoms with Gasteiger partial charge in [-0.1, -0.05) is 11.6 Å². The number of nitrogens with one attached hydrogen (secondary N) is 3. The molecule has 0 spiro atoms. The molecule has 1 aromatic carbocycles. The number of methoxy groups -OCH3 is 1. The van der Waals surface area contributed by atoms with E-state index >= 15 is 0 Å². The van der Waals surface area contributed by atoms with E-state index in [1.807, 2.05) is 13.0 Å². The van der Waals surface area contributed by atoms with Crippen molar-refractivity contribution in [3.05, 3.63) is 27.9 Å². The SMILES string of the molecule is COc1cc2c(c(CN3CC(CO)c4c(Cl)nc(N)nc43)c1C)NNN2. The van der Waals surface area contributed by atoms with Crippen LogP contribution < -0.4 is 31.8 Å². The van der Waals surface area contributed by atoms with E-state index in [2.05, 4.69) is 31.3 Å². The lowest BCUT2D eigenvalue weighted by atomic mass is 10.0. The maximum Gasteiger partial charge on any atom is 0.223 e. The van der Waals surface area contributed by atoms with Gasteiger partial charge in [0, 0.05) is 36.2 Å². The van der Waals surface area contributed by atoms with E-state index in [4.69, 9.17) is 22.1 Å². The summed E-state index contributed by atoms with van der Waals surface area (Å²) in [4.78, 5) is 10.5. The fourth-order valence-electron chi connectivity index (χ4n) is 3.58. The average molecular weight is 378 g/mol. The van der Waals surface area contributed by atoms with Gasteiger partial charge in [-0.2, -0.15) is 4.98 Å². The van der Waals surface area contributed by atoms with Crippen LogP contribution in [0.2, 0.25) is 5.15 Å². The van der Waals surface area contributed by atoms with Crippen molar-refractivity contribution in [2.24, 2.45) is 0 Å². The minimum atomic E-state index is -0.152. The molecule has 0 saturated carbocycles. The minimum Gasteiger partial charge on any atom is -0.496 e. The molecule has 1 aromatic heterocycles. The number of rotatable bonds is 4. The number of ether oxygens (including phenoxy) is 1. The van der Waals surface area contributed by atoms with Gasteiger partial charge in [-0.15, -0.1) is 5.53 Å². The zero-order valence-electron chi connectivity index (χ0n) is 14.4. The molecule has 1 unspecified atom stereocenters. The molecule has 4 rings (SSSR count). The monoisotopic (exact) mass is 377 g/mol. The number of aliphatic hydroxyl groups is 1.